The van der Waals surface area contributed by atoms with Gasteiger partial charge in [-0.25, -0.2) is 8.42 Å². The molecule has 0 saturated carbocycles. The van der Waals surface area contributed by atoms with Crippen molar-refractivity contribution in [1.29, 1.82) is 0 Å². The molecular weight excluding hydrogens is 364 g/mol. The third-order valence-electron chi connectivity index (χ3n) is 4.75. The molecule has 2 aromatic rings. The molecule has 1 fully saturated rings. The van der Waals surface area contributed by atoms with Gasteiger partial charge in [-0.3, -0.25) is 4.79 Å². The van der Waals surface area contributed by atoms with Crippen molar-refractivity contribution in [1.82, 2.24) is 4.31 Å². The minimum absolute atomic E-state index is 0.0318. The molecule has 1 saturated heterocycles. The van der Waals surface area contributed by atoms with E-state index in [1.807, 2.05) is 31.2 Å². The van der Waals surface area contributed by atoms with E-state index in [0.717, 1.165) is 24.8 Å². The molecule has 0 unspecified atom stereocenters. The topological polar surface area (TPSA) is 75.7 Å². The SMILES string of the molecule is COc1ccc(C(=O)Nc2ccccc2C)cc1S(=O)(=O)N1CCCCC1. The Bertz CT molecular complexity index is 935. The van der Waals surface area contributed by atoms with Gasteiger partial charge in [-0.1, -0.05) is 24.6 Å². The first-order valence-corrected chi connectivity index (χ1v) is 10.4. The molecule has 1 aliphatic rings. The Kier molecular flexibility index (Phi) is 5.82. The van der Waals surface area contributed by atoms with E-state index in [1.54, 1.807) is 6.07 Å². The number of carbonyl (C=O) groups excluding carboxylic acids is 1. The summed E-state index contributed by atoms with van der Waals surface area (Å²) in [5.74, 6) is -0.116. The van der Waals surface area contributed by atoms with Gasteiger partial charge in [0.15, 0.2) is 0 Å². The molecule has 1 amide bonds. The lowest BCUT2D eigenvalue weighted by molar-refractivity contribution is 0.102. The zero-order chi connectivity index (χ0) is 19.4. The quantitative estimate of drug-likeness (QED) is 0.851. The molecule has 0 aliphatic carbocycles. The summed E-state index contributed by atoms with van der Waals surface area (Å²) < 4.78 is 32.9. The number of benzene rings is 2. The minimum Gasteiger partial charge on any atom is -0.495 e. The van der Waals surface area contributed by atoms with Crippen LogP contribution in [0.4, 0.5) is 5.69 Å². The Hall–Kier alpha value is -2.38. The molecule has 144 valence electrons. The van der Waals surface area contributed by atoms with Crippen LogP contribution in [0, 0.1) is 6.92 Å². The van der Waals surface area contributed by atoms with Crippen molar-refractivity contribution in [3.63, 3.8) is 0 Å². The lowest BCUT2D eigenvalue weighted by Crippen LogP contribution is -2.35. The minimum atomic E-state index is -3.71. The number of piperidine rings is 1. The van der Waals surface area contributed by atoms with Crippen LogP contribution < -0.4 is 10.1 Å². The molecule has 2 aromatic carbocycles. The fourth-order valence-electron chi connectivity index (χ4n) is 3.17. The van der Waals surface area contributed by atoms with E-state index in [-0.39, 0.29) is 22.1 Å². The van der Waals surface area contributed by atoms with Crippen LogP contribution in [-0.4, -0.2) is 38.8 Å². The molecule has 0 aromatic heterocycles. The number of carbonyl (C=O) groups is 1. The molecule has 0 radical (unpaired) electrons. The number of methoxy groups -OCH3 is 1. The van der Waals surface area contributed by atoms with Crippen molar-refractivity contribution >= 4 is 21.6 Å². The van der Waals surface area contributed by atoms with Crippen molar-refractivity contribution in [2.75, 3.05) is 25.5 Å². The van der Waals surface area contributed by atoms with Crippen LogP contribution in [0.3, 0.4) is 0 Å². The van der Waals surface area contributed by atoms with Crippen LogP contribution in [0.5, 0.6) is 5.75 Å². The molecule has 27 heavy (non-hydrogen) atoms. The number of nitrogens with one attached hydrogen (secondary N) is 1. The highest BCUT2D eigenvalue weighted by atomic mass is 32.2. The number of anilines is 1. The van der Waals surface area contributed by atoms with Crippen molar-refractivity contribution in [2.45, 2.75) is 31.1 Å². The third-order valence-corrected chi connectivity index (χ3v) is 6.67. The summed E-state index contributed by atoms with van der Waals surface area (Å²) in [6, 6.07) is 11.9. The number of ether oxygens (including phenoxy) is 1. The molecule has 1 N–H and O–H groups in total. The number of rotatable bonds is 5. The first-order chi connectivity index (χ1) is 12.9. The summed E-state index contributed by atoms with van der Waals surface area (Å²) in [6.45, 7) is 2.88. The number of hydrogen-bond acceptors (Lipinski definition) is 4. The zero-order valence-electron chi connectivity index (χ0n) is 15.6. The number of amides is 1. The van der Waals surface area contributed by atoms with Crippen LogP contribution in [0.1, 0.15) is 35.2 Å². The van der Waals surface area contributed by atoms with E-state index in [0.29, 0.717) is 18.8 Å². The molecular formula is C20H24N2O4S. The Labute approximate surface area is 160 Å². The summed E-state index contributed by atoms with van der Waals surface area (Å²) >= 11 is 0. The third kappa shape index (κ3) is 4.14. The summed E-state index contributed by atoms with van der Waals surface area (Å²) in [7, 11) is -2.29. The van der Waals surface area contributed by atoms with Crippen LogP contribution in [-0.2, 0) is 10.0 Å². The first-order valence-electron chi connectivity index (χ1n) is 8.98. The van der Waals surface area contributed by atoms with Gasteiger partial charge in [-0.05, 0) is 49.6 Å². The Morgan fingerprint density at radius 1 is 1.07 bits per heavy atom. The van der Waals surface area contributed by atoms with Gasteiger partial charge in [0.05, 0.1) is 7.11 Å². The largest absolute Gasteiger partial charge is 0.495 e. The zero-order valence-corrected chi connectivity index (χ0v) is 16.4. The highest BCUT2D eigenvalue weighted by Crippen LogP contribution is 2.30. The Balaban J connectivity index is 1.93. The molecule has 3 rings (SSSR count). The number of para-hydroxylation sites is 1. The second kappa shape index (κ2) is 8.10. The highest BCUT2D eigenvalue weighted by Gasteiger charge is 2.29. The molecule has 1 heterocycles. The van der Waals surface area contributed by atoms with E-state index in [2.05, 4.69) is 5.32 Å². The van der Waals surface area contributed by atoms with Gasteiger partial charge in [0.1, 0.15) is 10.6 Å². The van der Waals surface area contributed by atoms with E-state index in [1.165, 1.54) is 23.5 Å². The predicted octanol–water partition coefficient (Wildman–Crippen LogP) is 3.43. The van der Waals surface area contributed by atoms with Crippen LogP contribution >= 0.6 is 0 Å². The van der Waals surface area contributed by atoms with Crippen LogP contribution in [0.25, 0.3) is 0 Å². The number of hydrogen-bond donors (Lipinski definition) is 1. The Morgan fingerprint density at radius 3 is 2.44 bits per heavy atom. The van der Waals surface area contributed by atoms with E-state index in [9.17, 15) is 13.2 Å². The van der Waals surface area contributed by atoms with Crippen LogP contribution in [0.15, 0.2) is 47.4 Å². The first kappa shape index (κ1) is 19.4. The van der Waals surface area contributed by atoms with Crippen molar-refractivity contribution < 1.29 is 17.9 Å². The smallest absolute Gasteiger partial charge is 0.255 e. The average molecular weight is 388 g/mol. The van der Waals surface area contributed by atoms with Crippen molar-refractivity contribution in [2.24, 2.45) is 0 Å². The second-order valence-corrected chi connectivity index (χ2v) is 8.51. The van der Waals surface area contributed by atoms with E-state index in [4.69, 9.17) is 4.74 Å². The van der Waals surface area contributed by atoms with Gasteiger partial charge in [-0.15, -0.1) is 0 Å². The van der Waals surface area contributed by atoms with Gasteiger partial charge in [0.2, 0.25) is 10.0 Å². The number of nitrogens with zero attached hydrogens (tertiary/aromatic N) is 1. The summed E-state index contributed by atoms with van der Waals surface area (Å²) in [6.07, 6.45) is 2.71. The molecule has 7 heteroatoms. The number of sulfonamides is 1. The summed E-state index contributed by atoms with van der Waals surface area (Å²) in [5.41, 5.74) is 1.90. The monoisotopic (exact) mass is 388 g/mol. The van der Waals surface area contributed by atoms with Crippen molar-refractivity contribution in [3.05, 3.63) is 53.6 Å². The van der Waals surface area contributed by atoms with E-state index < -0.39 is 10.0 Å². The lowest BCUT2D eigenvalue weighted by Gasteiger charge is -2.26. The second-order valence-electron chi connectivity index (χ2n) is 6.60. The van der Waals surface area contributed by atoms with Gasteiger partial charge < -0.3 is 10.1 Å². The average Bonchev–Trinajstić information content (AvgIpc) is 2.69. The summed E-state index contributed by atoms with van der Waals surface area (Å²) in [5, 5.41) is 2.83. The maximum Gasteiger partial charge on any atom is 0.255 e. The Morgan fingerprint density at radius 2 is 1.78 bits per heavy atom. The van der Waals surface area contributed by atoms with E-state index >= 15 is 0 Å². The van der Waals surface area contributed by atoms with Gasteiger partial charge in [-0.2, -0.15) is 4.31 Å². The fourth-order valence-corrected chi connectivity index (χ4v) is 4.87. The maximum absolute atomic E-state index is 13.1. The fraction of sp³-hybridized carbons (Fsp3) is 0.350. The van der Waals surface area contributed by atoms with Crippen LogP contribution in [0.2, 0.25) is 0 Å². The molecule has 0 atom stereocenters. The lowest BCUT2D eigenvalue weighted by atomic mass is 10.1. The normalized spacial score (nSPS) is 15.3. The maximum atomic E-state index is 13.1. The molecule has 0 bridgehead atoms. The molecule has 6 nitrogen and oxygen atoms in total. The van der Waals surface area contributed by atoms with Gasteiger partial charge in [0.25, 0.3) is 5.91 Å². The van der Waals surface area contributed by atoms with Gasteiger partial charge in [0, 0.05) is 24.3 Å². The summed E-state index contributed by atoms with van der Waals surface area (Å²) in [4.78, 5) is 12.7. The highest BCUT2D eigenvalue weighted by molar-refractivity contribution is 7.89. The standard InChI is InChI=1S/C20H24N2O4S/c1-15-8-4-5-9-17(15)21-20(23)16-10-11-18(26-2)19(14-16)27(24,25)22-12-6-3-7-13-22/h4-5,8-11,14H,3,6-7,12-13H2,1-2H3,(H,21,23). The van der Waals surface area contributed by atoms with Crippen molar-refractivity contribution in [3.8, 4) is 5.75 Å². The molecule has 0 spiro atoms. The van der Waals surface area contributed by atoms with Gasteiger partial charge >= 0.3 is 0 Å². The number of aryl methyl sites for hydroxylation is 1. The predicted molar refractivity (Wildman–Crippen MR) is 105 cm³/mol. The molecule has 1 aliphatic heterocycles.